The maximum Gasteiger partial charge on any atom is 0.0502 e. The van der Waals surface area contributed by atoms with Gasteiger partial charge < -0.3 is 5.11 Å². The Hall–Kier alpha value is -1.90. The van der Waals surface area contributed by atoms with Gasteiger partial charge in [0.1, 0.15) is 0 Å². The molecule has 0 aromatic heterocycles. The fourth-order valence-corrected chi connectivity index (χ4v) is 3.73. The largest absolute Gasteiger partial charge is 0.396 e. The van der Waals surface area contributed by atoms with E-state index in [2.05, 4.69) is 71.6 Å². The summed E-state index contributed by atoms with van der Waals surface area (Å²) in [6.07, 6.45) is 7.66. The Kier molecular flexibility index (Phi) is 5.84. The Balaban J connectivity index is 1.61. The van der Waals surface area contributed by atoms with Crippen molar-refractivity contribution in [1.82, 2.24) is 4.90 Å². The molecule has 1 unspecified atom stereocenters. The Morgan fingerprint density at radius 2 is 1.71 bits per heavy atom. The first-order chi connectivity index (χ1) is 11.8. The molecule has 3 rings (SSSR count). The van der Waals surface area contributed by atoms with E-state index in [0.29, 0.717) is 0 Å². The van der Waals surface area contributed by atoms with Crippen molar-refractivity contribution >= 4 is 6.08 Å². The molecule has 0 spiro atoms. The molecule has 2 aromatic rings. The molecule has 1 heterocycles. The Morgan fingerprint density at radius 3 is 2.42 bits per heavy atom. The molecule has 1 atom stereocenters. The number of hydrogen-bond acceptors (Lipinski definition) is 2. The number of nitrogens with zero attached hydrogens (tertiary/aromatic N) is 1. The molecule has 1 fully saturated rings. The molecule has 1 aliphatic rings. The SMILES string of the molecule is OCC1(Cc2ccccc2)CCCN(C/C=C/c2ccccc2)C1. The maximum atomic E-state index is 10.1. The van der Waals surface area contributed by atoms with Crippen molar-refractivity contribution in [3.05, 3.63) is 77.9 Å². The number of hydrogen-bond donors (Lipinski definition) is 1. The van der Waals surface area contributed by atoms with Crippen LogP contribution in [0.2, 0.25) is 0 Å². The fraction of sp³-hybridized carbons (Fsp3) is 0.364. The Morgan fingerprint density at radius 1 is 1.00 bits per heavy atom. The third kappa shape index (κ3) is 4.56. The van der Waals surface area contributed by atoms with Gasteiger partial charge in [-0.1, -0.05) is 72.8 Å². The molecule has 0 aliphatic carbocycles. The molecule has 2 heteroatoms. The van der Waals surface area contributed by atoms with Gasteiger partial charge in [-0.05, 0) is 36.9 Å². The van der Waals surface area contributed by atoms with Crippen LogP contribution in [0.3, 0.4) is 0 Å². The third-order valence-electron chi connectivity index (χ3n) is 4.97. The molecule has 1 saturated heterocycles. The van der Waals surface area contributed by atoms with Crippen molar-refractivity contribution in [2.24, 2.45) is 5.41 Å². The second kappa shape index (κ2) is 8.27. The summed E-state index contributed by atoms with van der Waals surface area (Å²) in [7, 11) is 0. The van der Waals surface area contributed by atoms with Crippen LogP contribution < -0.4 is 0 Å². The zero-order valence-electron chi connectivity index (χ0n) is 14.3. The number of piperidine rings is 1. The summed E-state index contributed by atoms with van der Waals surface area (Å²) in [5.41, 5.74) is 2.57. The van der Waals surface area contributed by atoms with Gasteiger partial charge in [-0.2, -0.15) is 0 Å². The topological polar surface area (TPSA) is 23.5 Å². The fourth-order valence-electron chi connectivity index (χ4n) is 3.73. The predicted octanol–water partition coefficient (Wildman–Crippen LogP) is 4.02. The molecule has 0 radical (unpaired) electrons. The van der Waals surface area contributed by atoms with Gasteiger partial charge >= 0.3 is 0 Å². The molecular formula is C22H27NO. The summed E-state index contributed by atoms with van der Waals surface area (Å²) >= 11 is 0. The van der Waals surface area contributed by atoms with Crippen molar-refractivity contribution in [3.63, 3.8) is 0 Å². The lowest BCUT2D eigenvalue weighted by molar-refractivity contribution is 0.0376. The smallest absolute Gasteiger partial charge is 0.0502 e. The second-order valence-corrected chi connectivity index (χ2v) is 6.97. The van der Waals surface area contributed by atoms with E-state index in [4.69, 9.17) is 0 Å². The van der Waals surface area contributed by atoms with Crippen molar-refractivity contribution < 1.29 is 5.11 Å². The van der Waals surface area contributed by atoms with E-state index >= 15 is 0 Å². The summed E-state index contributed by atoms with van der Waals surface area (Å²) < 4.78 is 0. The van der Waals surface area contributed by atoms with Crippen LogP contribution in [-0.2, 0) is 6.42 Å². The minimum absolute atomic E-state index is 0.000189. The van der Waals surface area contributed by atoms with E-state index in [-0.39, 0.29) is 12.0 Å². The minimum atomic E-state index is 0.000189. The highest BCUT2D eigenvalue weighted by atomic mass is 16.3. The molecule has 24 heavy (non-hydrogen) atoms. The lowest BCUT2D eigenvalue weighted by Crippen LogP contribution is -2.46. The van der Waals surface area contributed by atoms with Crippen molar-refractivity contribution in [1.29, 1.82) is 0 Å². The summed E-state index contributed by atoms with van der Waals surface area (Å²) in [5.74, 6) is 0. The Bertz CT molecular complexity index is 638. The van der Waals surface area contributed by atoms with E-state index in [0.717, 1.165) is 38.9 Å². The van der Waals surface area contributed by atoms with E-state index in [1.807, 2.05) is 6.07 Å². The molecule has 1 N–H and O–H groups in total. The van der Waals surface area contributed by atoms with Crippen molar-refractivity contribution in [3.8, 4) is 0 Å². The first-order valence-corrected chi connectivity index (χ1v) is 8.88. The third-order valence-corrected chi connectivity index (χ3v) is 4.97. The number of rotatable bonds is 6. The normalized spacial score (nSPS) is 22.0. The second-order valence-electron chi connectivity index (χ2n) is 6.97. The van der Waals surface area contributed by atoms with E-state index < -0.39 is 0 Å². The Labute approximate surface area is 145 Å². The lowest BCUT2D eigenvalue weighted by Gasteiger charge is -2.41. The average molecular weight is 321 g/mol. The van der Waals surface area contributed by atoms with Gasteiger partial charge in [-0.3, -0.25) is 4.90 Å². The van der Waals surface area contributed by atoms with Crippen LogP contribution in [0.25, 0.3) is 6.08 Å². The zero-order valence-corrected chi connectivity index (χ0v) is 14.3. The van der Waals surface area contributed by atoms with Gasteiger partial charge in [-0.15, -0.1) is 0 Å². The number of benzene rings is 2. The van der Waals surface area contributed by atoms with Gasteiger partial charge in [0.2, 0.25) is 0 Å². The standard InChI is InChI=1S/C22H27NO/c24-19-22(17-21-11-5-2-6-12-21)14-8-16-23(18-22)15-7-13-20-9-3-1-4-10-20/h1-7,9-13,24H,8,14-19H2/b13-7+. The quantitative estimate of drug-likeness (QED) is 0.869. The van der Waals surface area contributed by atoms with Crippen LogP contribution in [-0.4, -0.2) is 36.2 Å². The van der Waals surface area contributed by atoms with Gasteiger partial charge in [-0.25, -0.2) is 0 Å². The molecule has 0 saturated carbocycles. The minimum Gasteiger partial charge on any atom is -0.396 e. The molecule has 1 aliphatic heterocycles. The number of likely N-dealkylation sites (tertiary alicyclic amines) is 1. The van der Waals surface area contributed by atoms with Crippen LogP contribution >= 0.6 is 0 Å². The van der Waals surface area contributed by atoms with Gasteiger partial charge in [0, 0.05) is 18.5 Å². The lowest BCUT2D eigenvalue weighted by atomic mass is 9.76. The molecule has 2 aromatic carbocycles. The summed E-state index contributed by atoms with van der Waals surface area (Å²) in [4.78, 5) is 2.47. The van der Waals surface area contributed by atoms with E-state index in [1.54, 1.807) is 0 Å². The highest BCUT2D eigenvalue weighted by Gasteiger charge is 2.34. The van der Waals surface area contributed by atoms with Crippen LogP contribution in [0.1, 0.15) is 24.0 Å². The first-order valence-electron chi connectivity index (χ1n) is 8.88. The van der Waals surface area contributed by atoms with Crippen molar-refractivity contribution in [2.75, 3.05) is 26.2 Å². The summed E-state index contributed by atoms with van der Waals surface area (Å²) in [5, 5.41) is 10.1. The van der Waals surface area contributed by atoms with Gasteiger partial charge in [0.05, 0.1) is 6.61 Å². The average Bonchev–Trinajstić information content (AvgIpc) is 2.64. The van der Waals surface area contributed by atoms with Crippen LogP contribution in [0.5, 0.6) is 0 Å². The monoisotopic (exact) mass is 321 g/mol. The summed E-state index contributed by atoms with van der Waals surface area (Å²) in [6, 6.07) is 21.0. The van der Waals surface area contributed by atoms with Gasteiger partial charge in [0.25, 0.3) is 0 Å². The zero-order chi connectivity index (χ0) is 16.7. The van der Waals surface area contributed by atoms with Gasteiger partial charge in [0.15, 0.2) is 0 Å². The first kappa shape index (κ1) is 16.9. The molecule has 2 nitrogen and oxygen atoms in total. The van der Waals surface area contributed by atoms with Crippen LogP contribution in [0.4, 0.5) is 0 Å². The highest BCUT2D eigenvalue weighted by molar-refractivity contribution is 5.48. The van der Waals surface area contributed by atoms with E-state index in [9.17, 15) is 5.11 Å². The maximum absolute atomic E-state index is 10.1. The van der Waals surface area contributed by atoms with Crippen molar-refractivity contribution in [2.45, 2.75) is 19.3 Å². The predicted molar refractivity (Wildman–Crippen MR) is 101 cm³/mol. The number of aliphatic hydroxyl groups is 1. The summed E-state index contributed by atoms with van der Waals surface area (Å²) in [6.45, 7) is 3.30. The molecular weight excluding hydrogens is 294 g/mol. The van der Waals surface area contributed by atoms with E-state index in [1.165, 1.54) is 11.1 Å². The molecule has 0 bridgehead atoms. The highest BCUT2D eigenvalue weighted by Crippen LogP contribution is 2.33. The number of aliphatic hydroxyl groups excluding tert-OH is 1. The van der Waals surface area contributed by atoms with Crippen LogP contribution in [0.15, 0.2) is 66.7 Å². The van der Waals surface area contributed by atoms with Crippen LogP contribution in [0, 0.1) is 5.41 Å². The molecule has 126 valence electrons. The molecule has 0 amide bonds.